The predicted octanol–water partition coefficient (Wildman–Crippen LogP) is 5.30. The third kappa shape index (κ3) is 9.31. The van der Waals surface area contributed by atoms with Crippen molar-refractivity contribution in [2.24, 2.45) is 10.9 Å². The predicted molar refractivity (Wildman–Crippen MR) is 123 cm³/mol. The third-order valence-corrected chi connectivity index (χ3v) is 4.12. The van der Waals surface area contributed by atoms with Crippen LogP contribution in [0.5, 0.6) is 5.75 Å². The van der Waals surface area contributed by atoms with Crippen molar-refractivity contribution in [3.63, 3.8) is 0 Å². The van der Waals surface area contributed by atoms with E-state index in [1.54, 1.807) is 20.8 Å². The van der Waals surface area contributed by atoms with Crippen LogP contribution in [0.1, 0.15) is 74.3 Å². The van der Waals surface area contributed by atoms with Crippen molar-refractivity contribution in [1.82, 2.24) is 0 Å². The van der Waals surface area contributed by atoms with E-state index in [1.165, 1.54) is 0 Å². The molecule has 0 spiro atoms. The van der Waals surface area contributed by atoms with Crippen LogP contribution < -0.4 is 10.2 Å². The Morgan fingerprint density at radius 1 is 1.07 bits per heavy atom. The van der Waals surface area contributed by atoms with E-state index in [4.69, 9.17) is 18.8 Å². The minimum Gasteiger partial charge on any atom is -0.442 e. The summed E-state index contributed by atoms with van der Waals surface area (Å²) in [6.45, 7) is 19.2. The number of aliphatic imine (C=N–C) groups is 1. The summed E-state index contributed by atoms with van der Waals surface area (Å²) >= 11 is 0. The first-order chi connectivity index (χ1) is 13.8. The zero-order chi connectivity index (χ0) is 23.1. The maximum Gasteiger partial charge on any atom is 0.494 e. The molecule has 1 atom stereocenters. The Hall–Kier alpha value is -1.86. The first kappa shape index (κ1) is 26.2. The van der Waals surface area contributed by atoms with Gasteiger partial charge in [-0.2, -0.15) is 0 Å². The molecule has 0 heterocycles. The molecular formula is C23H38BNO5. The molecule has 0 aliphatic heterocycles. The number of hydrogen-bond donors (Lipinski definition) is 0. The van der Waals surface area contributed by atoms with Crippen molar-refractivity contribution in [3.05, 3.63) is 23.8 Å². The highest BCUT2D eigenvalue weighted by Crippen LogP contribution is 2.20. The molecule has 0 saturated carbocycles. The van der Waals surface area contributed by atoms with Gasteiger partial charge in [-0.3, -0.25) is 0 Å². The van der Waals surface area contributed by atoms with E-state index in [0.717, 1.165) is 17.4 Å². The van der Waals surface area contributed by atoms with Crippen molar-refractivity contribution < 1.29 is 23.6 Å². The van der Waals surface area contributed by atoms with Crippen LogP contribution in [0.25, 0.3) is 0 Å². The lowest BCUT2D eigenvalue weighted by molar-refractivity contribution is 0.0600. The van der Waals surface area contributed by atoms with Crippen LogP contribution >= 0.6 is 0 Å². The molecule has 1 amide bonds. The van der Waals surface area contributed by atoms with Gasteiger partial charge in [-0.25, -0.2) is 4.79 Å². The average Bonchev–Trinajstić information content (AvgIpc) is 2.59. The van der Waals surface area contributed by atoms with Crippen LogP contribution in [0.3, 0.4) is 0 Å². The van der Waals surface area contributed by atoms with Gasteiger partial charge in [0.15, 0.2) is 0 Å². The number of aryl methyl sites for hydroxylation is 1. The molecule has 0 fully saturated rings. The van der Waals surface area contributed by atoms with Crippen molar-refractivity contribution >= 4 is 24.6 Å². The smallest absolute Gasteiger partial charge is 0.442 e. The summed E-state index contributed by atoms with van der Waals surface area (Å²) in [5.74, 6) is 0.896. The van der Waals surface area contributed by atoms with Crippen molar-refractivity contribution in [2.45, 2.75) is 93.5 Å². The lowest BCUT2D eigenvalue weighted by Crippen LogP contribution is -2.41. The highest BCUT2D eigenvalue weighted by Gasteiger charge is 2.26. The topological polar surface area (TPSA) is 66.4 Å². The largest absolute Gasteiger partial charge is 0.494 e. The number of nitrogens with zero attached hydrogens (tertiary/aromatic N) is 1. The monoisotopic (exact) mass is 419 g/mol. The number of hydrogen-bond acceptors (Lipinski definition) is 5. The number of amides is 1. The fraction of sp³-hybridized carbons (Fsp3) is 0.652. The van der Waals surface area contributed by atoms with Crippen LogP contribution in [-0.4, -0.2) is 36.9 Å². The molecule has 0 N–H and O–H groups in total. The van der Waals surface area contributed by atoms with Gasteiger partial charge in [-0.1, -0.05) is 26.0 Å². The molecule has 1 rings (SSSR count). The first-order valence-corrected chi connectivity index (χ1v) is 10.7. The van der Waals surface area contributed by atoms with Crippen molar-refractivity contribution in [1.29, 1.82) is 0 Å². The van der Waals surface area contributed by atoms with Gasteiger partial charge >= 0.3 is 13.2 Å². The number of carbonyl (C=O) groups is 1. The molecule has 1 aromatic rings. The Labute approximate surface area is 182 Å². The summed E-state index contributed by atoms with van der Waals surface area (Å²) in [5, 5.41) is 0. The third-order valence-electron chi connectivity index (χ3n) is 4.12. The summed E-state index contributed by atoms with van der Waals surface area (Å²) in [4.78, 5) is 16.4. The Balaban J connectivity index is 3.23. The number of benzene rings is 1. The van der Waals surface area contributed by atoms with Crippen LogP contribution in [0.4, 0.5) is 4.79 Å². The SMILES string of the molecule is CCC(C)C(=NC(=O)OC(C)(C)C)Oc1cc(B(OC(C)C)OC(C)C)ccc1C. The second-order valence-electron chi connectivity index (χ2n) is 9.07. The van der Waals surface area contributed by atoms with Crippen LogP contribution in [0.15, 0.2) is 23.2 Å². The van der Waals surface area contributed by atoms with Gasteiger partial charge in [-0.05, 0) is 78.9 Å². The Bertz CT molecular complexity index is 715. The number of rotatable bonds is 8. The molecule has 0 radical (unpaired) electrons. The Morgan fingerprint density at radius 3 is 2.10 bits per heavy atom. The second kappa shape index (κ2) is 11.5. The van der Waals surface area contributed by atoms with E-state index in [9.17, 15) is 4.79 Å². The standard InChI is InChI=1S/C23H38BNO5/c1-11-17(6)21(25-22(26)28-23(8,9)10)27-20-14-19(13-12-18(20)7)24(29-15(2)3)30-16(4)5/h12-17H,11H2,1-10H3. The van der Waals surface area contributed by atoms with Crippen LogP contribution in [0.2, 0.25) is 0 Å². The molecule has 6 nitrogen and oxygen atoms in total. The minimum absolute atomic E-state index is 0.00354. The number of ether oxygens (including phenoxy) is 2. The van der Waals surface area contributed by atoms with E-state index in [1.807, 2.05) is 66.7 Å². The summed E-state index contributed by atoms with van der Waals surface area (Å²) in [5.41, 5.74) is 1.15. The second-order valence-corrected chi connectivity index (χ2v) is 9.07. The van der Waals surface area contributed by atoms with Gasteiger partial charge in [0.2, 0.25) is 5.90 Å². The molecule has 0 aliphatic carbocycles. The molecule has 1 unspecified atom stereocenters. The van der Waals surface area contributed by atoms with Crippen molar-refractivity contribution in [3.8, 4) is 5.75 Å². The Kier molecular flexibility index (Phi) is 10.0. The quantitative estimate of drug-likeness (QED) is 0.325. The molecule has 1 aromatic carbocycles. The highest BCUT2D eigenvalue weighted by molar-refractivity contribution is 6.61. The van der Waals surface area contributed by atoms with Gasteiger partial charge < -0.3 is 18.8 Å². The van der Waals surface area contributed by atoms with Crippen LogP contribution in [-0.2, 0) is 14.0 Å². The summed E-state index contributed by atoms with van der Waals surface area (Å²) in [6.07, 6.45) is 0.124. The van der Waals surface area contributed by atoms with E-state index < -0.39 is 18.8 Å². The van der Waals surface area contributed by atoms with Crippen molar-refractivity contribution in [2.75, 3.05) is 0 Å². The molecule has 0 saturated heterocycles. The maximum absolute atomic E-state index is 12.3. The number of carbonyl (C=O) groups excluding carboxylic acids is 1. The Morgan fingerprint density at radius 2 is 1.63 bits per heavy atom. The first-order valence-electron chi connectivity index (χ1n) is 10.7. The van der Waals surface area contributed by atoms with E-state index in [0.29, 0.717) is 11.6 Å². The normalized spacial score (nSPS) is 13.5. The van der Waals surface area contributed by atoms with Gasteiger partial charge in [0, 0.05) is 18.1 Å². The van der Waals surface area contributed by atoms with Crippen LogP contribution in [0, 0.1) is 12.8 Å². The van der Waals surface area contributed by atoms with E-state index in [-0.39, 0.29) is 18.1 Å². The van der Waals surface area contributed by atoms with Gasteiger partial charge in [0.1, 0.15) is 11.4 Å². The molecule has 0 aliphatic rings. The lowest BCUT2D eigenvalue weighted by Gasteiger charge is -2.22. The zero-order valence-electron chi connectivity index (χ0n) is 20.2. The molecule has 7 heteroatoms. The summed E-state index contributed by atoms with van der Waals surface area (Å²) in [6, 6.07) is 5.80. The molecule has 0 bridgehead atoms. The minimum atomic E-state index is -0.657. The van der Waals surface area contributed by atoms with E-state index in [2.05, 4.69) is 4.99 Å². The molecular weight excluding hydrogens is 381 g/mol. The molecule has 30 heavy (non-hydrogen) atoms. The van der Waals surface area contributed by atoms with E-state index >= 15 is 0 Å². The fourth-order valence-electron chi connectivity index (χ4n) is 2.45. The zero-order valence-corrected chi connectivity index (χ0v) is 20.2. The van der Waals surface area contributed by atoms with Gasteiger partial charge in [0.05, 0.1) is 0 Å². The average molecular weight is 419 g/mol. The highest BCUT2D eigenvalue weighted by atomic mass is 16.6. The summed E-state index contributed by atoms with van der Waals surface area (Å²) in [7, 11) is -0.511. The van der Waals surface area contributed by atoms with Gasteiger partial charge in [-0.15, -0.1) is 4.99 Å². The summed E-state index contributed by atoms with van der Waals surface area (Å²) < 4.78 is 23.4. The maximum atomic E-state index is 12.3. The molecule has 0 aromatic heterocycles. The van der Waals surface area contributed by atoms with Gasteiger partial charge in [0.25, 0.3) is 0 Å². The lowest BCUT2D eigenvalue weighted by atomic mass is 9.77. The molecule has 168 valence electrons. The fourth-order valence-corrected chi connectivity index (χ4v) is 2.45.